The molecular weight excluding hydrogens is 284 g/mol. The van der Waals surface area contributed by atoms with Crippen LogP contribution in [0.25, 0.3) is 11.1 Å². The van der Waals surface area contributed by atoms with E-state index in [1.165, 1.54) is 30.3 Å². The number of benzene rings is 1. The van der Waals surface area contributed by atoms with Gasteiger partial charge in [0.25, 0.3) is 0 Å². The molecule has 0 fully saturated rings. The van der Waals surface area contributed by atoms with Crippen molar-refractivity contribution in [2.24, 2.45) is 0 Å². The molecule has 2 aromatic rings. The van der Waals surface area contributed by atoms with Crippen LogP contribution >= 0.6 is 0 Å². The Morgan fingerprint density at radius 1 is 0.750 bits per heavy atom. The number of rotatable bonds is 1. The summed E-state index contributed by atoms with van der Waals surface area (Å²) in [7, 11) is 0. The number of nitrogens with zero attached hydrogens (tertiary/aromatic N) is 1. The van der Waals surface area contributed by atoms with Crippen LogP contribution in [0.2, 0.25) is 0 Å². The van der Waals surface area contributed by atoms with E-state index in [4.69, 9.17) is 0 Å². The fraction of sp³-hybridized carbons (Fsp3) is 0.154. The third kappa shape index (κ3) is 2.76. The second-order valence-corrected chi connectivity index (χ2v) is 3.94. The first kappa shape index (κ1) is 14.4. The Morgan fingerprint density at radius 3 is 1.85 bits per heavy atom. The highest BCUT2D eigenvalue weighted by molar-refractivity contribution is 5.70. The van der Waals surface area contributed by atoms with E-state index >= 15 is 0 Å². The number of aromatic nitrogens is 1. The van der Waals surface area contributed by atoms with Crippen LogP contribution in [-0.2, 0) is 12.4 Å². The highest BCUT2D eigenvalue weighted by Gasteiger charge is 2.42. The molecular formula is C13H7F6N. The van der Waals surface area contributed by atoms with Gasteiger partial charge >= 0.3 is 12.4 Å². The van der Waals surface area contributed by atoms with Gasteiger partial charge in [0.2, 0.25) is 0 Å². The molecule has 1 nitrogen and oxygen atoms in total. The van der Waals surface area contributed by atoms with Crippen LogP contribution < -0.4 is 0 Å². The third-order valence-electron chi connectivity index (χ3n) is 2.59. The number of alkyl halides is 6. The molecule has 0 aliphatic rings. The lowest BCUT2D eigenvalue weighted by molar-refractivity contribution is -0.144. The molecule has 20 heavy (non-hydrogen) atoms. The molecule has 0 amide bonds. The smallest absolute Gasteiger partial charge is 0.251 e. The molecule has 0 aliphatic heterocycles. The van der Waals surface area contributed by atoms with E-state index in [1.54, 1.807) is 0 Å². The van der Waals surface area contributed by atoms with Gasteiger partial charge in [0, 0.05) is 11.8 Å². The lowest BCUT2D eigenvalue weighted by Gasteiger charge is -2.17. The maximum atomic E-state index is 12.9. The topological polar surface area (TPSA) is 12.9 Å². The molecule has 0 spiro atoms. The van der Waals surface area contributed by atoms with Gasteiger partial charge in [0.05, 0.1) is 5.56 Å². The Kier molecular flexibility index (Phi) is 3.45. The summed E-state index contributed by atoms with van der Waals surface area (Å²) in [5.41, 5.74) is -4.03. The predicted molar refractivity (Wildman–Crippen MR) is 59.7 cm³/mol. The third-order valence-corrected chi connectivity index (χ3v) is 2.59. The summed E-state index contributed by atoms with van der Waals surface area (Å²) in [6.07, 6.45) is -9.35. The average Bonchev–Trinajstić information content (AvgIpc) is 2.37. The van der Waals surface area contributed by atoms with Crippen LogP contribution in [0.1, 0.15) is 11.3 Å². The van der Waals surface area contributed by atoms with Gasteiger partial charge in [0.15, 0.2) is 5.69 Å². The van der Waals surface area contributed by atoms with Gasteiger partial charge in [-0.3, -0.25) is 4.98 Å². The fourth-order valence-corrected chi connectivity index (χ4v) is 1.81. The molecule has 0 saturated heterocycles. The van der Waals surface area contributed by atoms with Crippen LogP contribution in [0.15, 0.2) is 42.6 Å². The van der Waals surface area contributed by atoms with Crippen LogP contribution in [0, 0.1) is 0 Å². The molecule has 0 radical (unpaired) electrons. The van der Waals surface area contributed by atoms with Gasteiger partial charge < -0.3 is 0 Å². The Labute approximate surface area is 109 Å². The maximum Gasteiger partial charge on any atom is 0.433 e. The summed E-state index contributed by atoms with van der Waals surface area (Å²) >= 11 is 0. The van der Waals surface area contributed by atoms with Crippen molar-refractivity contribution in [3.05, 3.63) is 53.9 Å². The van der Waals surface area contributed by atoms with E-state index in [2.05, 4.69) is 4.98 Å². The van der Waals surface area contributed by atoms with E-state index in [-0.39, 0.29) is 5.56 Å². The Hall–Kier alpha value is -2.05. The number of hydrogen-bond acceptors (Lipinski definition) is 1. The van der Waals surface area contributed by atoms with Crippen LogP contribution in [-0.4, -0.2) is 4.98 Å². The largest absolute Gasteiger partial charge is 0.433 e. The Morgan fingerprint density at radius 2 is 1.35 bits per heavy atom. The predicted octanol–water partition coefficient (Wildman–Crippen LogP) is 4.79. The zero-order valence-electron chi connectivity index (χ0n) is 9.76. The first-order chi connectivity index (χ1) is 9.21. The summed E-state index contributed by atoms with van der Waals surface area (Å²) in [6, 6.07) is 7.13. The van der Waals surface area contributed by atoms with Crippen molar-refractivity contribution in [3.63, 3.8) is 0 Å². The molecule has 0 bridgehead atoms. The first-order valence-corrected chi connectivity index (χ1v) is 5.40. The van der Waals surface area contributed by atoms with Crippen LogP contribution in [0.4, 0.5) is 26.3 Å². The van der Waals surface area contributed by atoms with Gasteiger partial charge in [-0.05, 0) is 11.6 Å². The van der Waals surface area contributed by atoms with Crippen LogP contribution in [0.5, 0.6) is 0 Å². The fourth-order valence-electron chi connectivity index (χ4n) is 1.81. The molecule has 1 aromatic carbocycles. The van der Waals surface area contributed by atoms with Crippen molar-refractivity contribution < 1.29 is 26.3 Å². The van der Waals surface area contributed by atoms with Crippen LogP contribution in [0.3, 0.4) is 0 Å². The van der Waals surface area contributed by atoms with Crippen molar-refractivity contribution in [3.8, 4) is 11.1 Å². The maximum absolute atomic E-state index is 12.9. The van der Waals surface area contributed by atoms with Gasteiger partial charge in [0.1, 0.15) is 0 Å². The summed E-state index contributed by atoms with van der Waals surface area (Å²) < 4.78 is 77.3. The highest BCUT2D eigenvalue weighted by Crippen LogP contribution is 2.43. The van der Waals surface area contributed by atoms with Gasteiger partial charge in [-0.1, -0.05) is 30.3 Å². The molecule has 1 aromatic heterocycles. The second-order valence-electron chi connectivity index (χ2n) is 3.94. The van der Waals surface area contributed by atoms with E-state index in [9.17, 15) is 26.3 Å². The zero-order chi connectivity index (χ0) is 15.0. The molecule has 0 atom stereocenters. The van der Waals surface area contributed by atoms with Gasteiger partial charge in [-0.2, -0.15) is 26.3 Å². The molecule has 0 saturated carbocycles. The number of pyridine rings is 1. The molecule has 0 unspecified atom stereocenters. The van der Waals surface area contributed by atoms with Crippen molar-refractivity contribution >= 4 is 0 Å². The standard InChI is InChI=1S/C13H7F6N/c14-12(15,16)9-6-7-20-11(13(17,18)19)10(9)8-4-2-1-3-5-8/h1-7H. The normalized spacial score (nSPS) is 12.5. The second kappa shape index (κ2) is 4.81. The molecule has 0 aliphatic carbocycles. The summed E-state index contributed by atoms with van der Waals surface area (Å²) in [5.74, 6) is 0. The van der Waals surface area contributed by atoms with E-state index < -0.39 is 29.2 Å². The van der Waals surface area contributed by atoms with E-state index in [0.717, 1.165) is 0 Å². The molecule has 2 rings (SSSR count). The number of hydrogen-bond donors (Lipinski definition) is 0. The average molecular weight is 291 g/mol. The van der Waals surface area contributed by atoms with Crippen molar-refractivity contribution in [1.82, 2.24) is 4.98 Å². The summed E-state index contributed by atoms with van der Waals surface area (Å²) in [5, 5.41) is 0. The van der Waals surface area contributed by atoms with E-state index in [1.807, 2.05) is 0 Å². The minimum Gasteiger partial charge on any atom is -0.251 e. The van der Waals surface area contributed by atoms with Crippen molar-refractivity contribution in [2.45, 2.75) is 12.4 Å². The number of halogens is 6. The molecule has 0 N–H and O–H groups in total. The SMILES string of the molecule is FC(F)(F)c1ccnc(C(F)(F)F)c1-c1ccccc1. The highest BCUT2D eigenvalue weighted by atomic mass is 19.4. The minimum atomic E-state index is -4.97. The monoisotopic (exact) mass is 291 g/mol. The van der Waals surface area contributed by atoms with Crippen molar-refractivity contribution in [2.75, 3.05) is 0 Å². The molecule has 7 heteroatoms. The molecule has 106 valence electrons. The first-order valence-electron chi connectivity index (χ1n) is 5.40. The summed E-state index contributed by atoms with van der Waals surface area (Å²) in [4.78, 5) is 3.08. The Balaban J connectivity index is 2.80. The quantitative estimate of drug-likeness (QED) is 0.689. The molecule has 1 heterocycles. The lowest BCUT2D eigenvalue weighted by atomic mass is 9.97. The minimum absolute atomic E-state index is 0.180. The summed E-state index contributed by atoms with van der Waals surface area (Å²) in [6.45, 7) is 0. The van der Waals surface area contributed by atoms with Gasteiger partial charge in [-0.15, -0.1) is 0 Å². The van der Waals surface area contributed by atoms with E-state index in [0.29, 0.717) is 12.3 Å². The lowest BCUT2D eigenvalue weighted by Crippen LogP contribution is -2.16. The van der Waals surface area contributed by atoms with Gasteiger partial charge in [-0.25, -0.2) is 0 Å². The van der Waals surface area contributed by atoms with Crippen molar-refractivity contribution in [1.29, 1.82) is 0 Å². The zero-order valence-corrected chi connectivity index (χ0v) is 9.76. The Bertz CT molecular complexity index is 568.